The van der Waals surface area contributed by atoms with Crippen LogP contribution < -0.4 is 16.4 Å². The van der Waals surface area contributed by atoms with Crippen LogP contribution in [-0.2, 0) is 17.9 Å². The molecule has 0 saturated carbocycles. The Morgan fingerprint density at radius 1 is 1.00 bits per heavy atom. The zero-order chi connectivity index (χ0) is 18.4. The first kappa shape index (κ1) is 17.3. The Balaban J connectivity index is 1.61. The number of carbonyl (C=O) groups is 1. The number of carbonyl (C=O) groups excluding carboxylic acids is 1. The minimum Gasteiger partial charge on any atom is -0.353 e. The maximum absolute atomic E-state index is 11.9. The molecule has 0 aliphatic rings. The van der Waals surface area contributed by atoms with Gasteiger partial charge >= 0.3 is 0 Å². The summed E-state index contributed by atoms with van der Waals surface area (Å²) in [5, 5.41) is 6.99. The molecule has 0 fully saturated rings. The minimum atomic E-state index is -0.340. The number of nitrogens with zero attached hydrogens (tertiary/aromatic N) is 4. The zero-order valence-electron chi connectivity index (χ0n) is 13.9. The van der Waals surface area contributed by atoms with Gasteiger partial charge in [0.25, 0.3) is 11.1 Å². The first-order valence-corrected chi connectivity index (χ1v) is 8.04. The van der Waals surface area contributed by atoms with Crippen molar-refractivity contribution in [2.45, 2.75) is 13.1 Å². The molecule has 132 valence electrons. The topological polar surface area (TPSA) is 98.9 Å². The second kappa shape index (κ2) is 8.02. The van der Waals surface area contributed by atoms with Crippen LogP contribution in [0.3, 0.4) is 0 Å². The summed E-state index contributed by atoms with van der Waals surface area (Å²) in [6.07, 6.45) is 2.67. The van der Waals surface area contributed by atoms with Crippen LogP contribution in [0.4, 0.5) is 0 Å². The number of rotatable bonds is 6. The van der Waals surface area contributed by atoms with E-state index in [1.54, 1.807) is 6.07 Å². The van der Waals surface area contributed by atoms with Crippen molar-refractivity contribution in [3.63, 3.8) is 0 Å². The monoisotopic (exact) mass is 351 g/mol. The summed E-state index contributed by atoms with van der Waals surface area (Å²) >= 11 is 0. The lowest BCUT2D eigenvalue weighted by atomic mass is 10.1. The summed E-state index contributed by atoms with van der Waals surface area (Å²) in [4.78, 5) is 39.2. The van der Waals surface area contributed by atoms with Gasteiger partial charge in [-0.15, -0.1) is 0 Å². The molecule has 2 aromatic heterocycles. The van der Waals surface area contributed by atoms with Gasteiger partial charge in [0, 0.05) is 30.4 Å². The van der Waals surface area contributed by atoms with Gasteiger partial charge in [-0.2, -0.15) is 5.10 Å². The Morgan fingerprint density at radius 3 is 2.58 bits per heavy atom. The third-order valence-electron chi connectivity index (χ3n) is 3.69. The molecule has 26 heavy (non-hydrogen) atoms. The Kier molecular flexibility index (Phi) is 5.33. The lowest BCUT2D eigenvalue weighted by Gasteiger charge is -2.09. The number of amides is 1. The molecule has 2 heterocycles. The molecule has 0 spiro atoms. The van der Waals surface area contributed by atoms with E-state index in [1.165, 1.54) is 33.9 Å². The lowest BCUT2D eigenvalue weighted by molar-refractivity contribution is -0.121. The second-order valence-electron chi connectivity index (χ2n) is 5.54. The van der Waals surface area contributed by atoms with Crippen LogP contribution >= 0.6 is 0 Å². The number of benzene rings is 1. The number of hydrogen-bond acceptors (Lipinski definition) is 5. The molecule has 0 radical (unpaired) electrons. The molecule has 8 heteroatoms. The van der Waals surface area contributed by atoms with Gasteiger partial charge in [-0.1, -0.05) is 30.3 Å². The van der Waals surface area contributed by atoms with Crippen molar-refractivity contribution in [2.24, 2.45) is 0 Å². The molecule has 0 bridgehead atoms. The third kappa shape index (κ3) is 4.29. The molecule has 1 N–H and O–H groups in total. The van der Waals surface area contributed by atoms with Gasteiger partial charge in [-0.05, 0) is 6.07 Å². The van der Waals surface area contributed by atoms with E-state index < -0.39 is 0 Å². The van der Waals surface area contributed by atoms with Crippen molar-refractivity contribution >= 4 is 5.91 Å². The van der Waals surface area contributed by atoms with Crippen molar-refractivity contribution in [1.82, 2.24) is 24.6 Å². The molecule has 0 aliphatic carbocycles. The van der Waals surface area contributed by atoms with Gasteiger partial charge in [-0.3, -0.25) is 19.0 Å². The summed E-state index contributed by atoms with van der Waals surface area (Å²) in [7, 11) is 0. The van der Waals surface area contributed by atoms with Crippen molar-refractivity contribution in [3.8, 4) is 11.3 Å². The van der Waals surface area contributed by atoms with Crippen LogP contribution in [0.1, 0.15) is 0 Å². The summed E-state index contributed by atoms with van der Waals surface area (Å²) < 4.78 is 2.51. The Labute approximate surface area is 148 Å². The molecule has 3 aromatic rings. The first-order valence-electron chi connectivity index (χ1n) is 8.04. The number of nitrogens with one attached hydrogen (secondary N) is 1. The molecule has 0 unspecified atom stereocenters. The fraction of sp³-hybridized carbons (Fsp3) is 0.167. The molecule has 0 aliphatic heterocycles. The van der Waals surface area contributed by atoms with Gasteiger partial charge in [0.05, 0.1) is 18.6 Å². The van der Waals surface area contributed by atoms with Crippen molar-refractivity contribution in [1.29, 1.82) is 0 Å². The quantitative estimate of drug-likeness (QED) is 0.688. The average molecular weight is 351 g/mol. The van der Waals surface area contributed by atoms with Crippen LogP contribution in [0.25, 0.3) is 11.3 Å². The Bertz CT molecular complexity index is 1010. The van der Waals surface area contributed by atoms with E-state index in [0.29, 0.717) is 5.69 Å². The summed E-state index contributed by atoms with van der Waals surface area (Å²) in [5.74, 6) is -0.340. The van der Waals surface area contributed by atoms with E-state index in [2.05, 4.69) is 15.4 Å². The Morgan fingerprint density at radius 2 is 1.81 bits per heavy atom. The normalized spacial score (nSPS) is 10.5. The summed E-state index contributed by atoms with van der Waals surface area (Å²) in [5.41, 5.74) is 1.03. The third-order valence-corrected chi connectivity index (χ3v) is 3.69. The molecule has 0 saturated heterocycles. The summed E-state index contributed by atoms with van der Waals surface area (Å²) in [6, 6.07) is 13.9. The van der Waals surface area contributed by atoms with Crippen LogP contribution in [0.2, 0.25) is 0 Å². The highest BCUT2D eigenvalue weighted by molar-refractivity contribution is 5.75. The second-order valence-corrected chi connectivity index (χ2v) is 5.54. The van der Waals surface area contributed by atoms with E-state index >= 15 is 0 Å². The molecule has 0 atom stereocenters. The van der Waals surface area contributed by atoms with E-state index in [0.717, 1.165) is 5.56 Å². The van der Waals surface area contributed by atoms with Gasteiger partial charge in [0.2, 0.25) is 5.91 Å². The largest absolute Gasteiger partial charge is 0.353 e. The minimum absolute atomic E-state index is 0.126. The predicted octanol–water partition coefficient (Wildman–Crippen LogP) is 0.283. The maximum atomic E-state index is 11.9. The van der Waals surface area contributed by atoms with E-state index in [-0.39, 0.29) is 36.7 Å². The Hall–Kier alpha value is -3.55. The predicted molar refractivity (Wildman–Crippen MR) is 95.4 cm³/mol. The highest BCUT2D eigenvalue weighted by atomic mass is 16.2. The van der Waals surface area contributed by atoms with Gasteiger partial charge in [-0.25, -0.2) is 9.67 Å². The molecule has 3 rings (SSSR count). The fourth-order valence-corrected chi connectivity index (χ4v) is 2.38. The molecule has 1 aromatic carbocycles. The highest BCUT2D eigenvalue weighted by Gasteiger charge is 2.06. The van der Waals surface area contributed by atoms with Crippen LogP contribution in [0.15, 0.2) is 70.6 Å². The summed E-state index contributed by atoms with van der Waals surface area (Å²) in [6.45, 7) is 0.325. The average Bonchev–Trinajstić information content (AvgIpc) is 2.66. The van der Waals surface area contributed by atoms with E-state index in [4.69, 9.17) is 0 Å². The van der Waals surface area contributed by atoms with Gasteiger partial charge < -0.3 is 5.32 Å². The highest BCUT2D eigenvalue weighted by Crippen LogP contribution is 2.13. The van der Waals surface area contributed by atoms with Gasteiger partial charge in [0.1, 0.15) is 6.54 Å². The maximum Gasteiger partial charge on any atom is 0.266 e. The van der Waals surface area contributed by atoms with Crippen molar-refractivity contribution in [3.05, 3.63) is 81.8 Å². The molecule has 1 amide bonds. The molecular formula is C18H17N5O3. The van der Waals surface area contributed by atoms with E-state index in [1.807, 2.05) is 30.3 Å². The first-order chi connectivity index (χ1) is 12.6. The fourth-order valence-electron chi connectivity index (χ4n) is 2.38. The van der Waals surface area contributed by atoms with E-state index in [9.17, 15) is 14.4 Å². The zero-order valence-corrected chi connectivity index (χ0v) is 13.9. The van der Waals surface area contributed by atoms with Gasteiger partial charge in [0.15, 0.2) is 0 Å². The van der Waals surface area contributed by atoms with Crippen LogP contribution in [0.5, 0.6) is 0 Å². The number of hydrogen-bond donors (Lipinski definition) is 1. The van der Waals surface area contributed by atoms with Crippen LogP contribution in [-0.4, -0.2) is 31.8 Å². The smallest absolute Gasteiger partial charge is 0.266 e. The number of aromatic nitrogens is 4. The lowest BCUT2D eigenvalue weighted by Crippen LogP contribution is -2.35. The van der Waals surface area contributed by atoms with Crippen molar-refractivity contribution < 1.29 is 4.79 Å². The van der Waals surface area contributed by atoms with Crippen molar-refractivity contribution in [2.75, 3.05) is 6.54 Å². The molecular weight excluding hydrogens is 334 g/mol. The van der Waals surface area contributed by atoms with Crippen LogP contribution in [0, 0.1) is 0 Å². The SMILES string of the molecule is O=C(Cn1cnccc1=O)NCCn1nc(-c2ccccc2)ccc1=O. The standard InChI is InChI=1S/C18H17N5O3/c24-16(12-22-13-19-9-8-17(22)25)20-10-11-23-18(26)7-6-15(21-23)14-4-2-1-3-5-14/h1-9,13H,10-12H2,(H,20,24). The molecule has 8 nitrogen and oxygen atoms in total.